The Balaban J connectivity index is 2.09. The van der Waals surface area contributed by atoms with Crippen LogP contribution in [0.2, 0.25) is 0 Å². The van der Waals surface area contributed by atoms with E-state index in [4.69, 9.17) is 4.74 Å². The molecule has 1 N–H and O–H groups in total. The molecule has 18 heavy (non-hydrogen) atoms. The number of ether oxygens (including phenoxy) is 1. The molecule has 2 nitrogen and oxygen atoms in total. The van der Waals surface area contributed by atoms with Gasteiger partial charge in [-0.1, -0.05) is 18.2 Å². The lowest BCUT2D eigenvalue weighted by Gasteiger charge is -2.11. The van der Waals surface area contributed by atoms with E-state index in [0.717, 1.165) is 26.9 Å². The topological polar surface area (TPSA) is 21.3 Å². The number of methoxy groups -OCH3 is 1. The van der Waals surface area contributed by atoms with Gasteiger partial charge in [0.15, 0.2) is 0 Å². The van der Waals surface area contributed by atoms with Crippen molar-refractivity contribution in [1.29, 1.82) is 0 Å². The van der Waals surface area contributed by atoms with Crippen LogP contribution in [0, 0.1) is 0 Å². The number of benzene rings is 2. The van der Waals surface area contributed by atoms with Crippen molar-refractivity contribution < 1.29 is 4.74 Å². The third-order valence-electron chi connectivity index (χ3n) is 2.57. The van der Waals surface area contributed by atoms with Crippen LogP contribution in [0.5, 0.6) is 5.75 Å². The van der Waals surface area contributed by atoms with E-state index in [1.807, 2.05) is 30.3 Å². The minimum absolute atomic E-state index is 0.756. The van der Waals surface area contributed by atoms with Gasteiger partial charge in [0.2, 0.25) is 0 Å². The van der Waals surface area contributed by atoms with Crippen LogP contribution >= 0.6 is 31.9 Å². The van der Waals surface area contributed by atoms with Gasteiger partial charge in [-0.05, 0) is 61.7 Å². The summed E-state index contributed by atoms with van der Waals surface area (Å²) in [4.78, 5) is 0. The van der Waals surface area contributed by atoms with E-state index in [2.05, 4.69) is 49.3 Å². The van der Waals surface area contributed by atoms with E-state index in [1.165, 1.54) is 5.56 Å². The molecule has 0 saturated carbocycles. The lowest BCUT2D eigenvalue weighted by Crippen LogP contribution is -2.01. The van der Waals surface area contributed by atoms with Gasteiger partial charge < -0.3 is 10.1 Å². The minimum Gasteiger partial charge on any atom is -0.495 e. The van der Waals surface area contributed by atoms with Gasteiger partial charge in [-0.2, -0.15) is 0 Å². The predicted molar refractivity (Wildman–Crippen MR) is 82.2 cm³/mol. The standard InChI is InChI=1S/C14H13Br2NO/c1-18-14-5-3-2-4-13(14)17-9-10-6-7-11(15)12(16)8-10/h2-8,17H,9H2,1H3. The molecule has 0 saturated heterocycles. The van der Waals surface area contributed by atoms with Crippen molar-refractivity contribution in [3.63, 3.8) is 0 Å². The van der Waals surface area contributed by atoms with E-state index < -0.39 is 0 Å². The summed E-state index contributed by atoms with van der Waals surface area (Å²) in [5.41, 5.74) is 2.20. The summed E-state index contributed by atoms with van der Waals surface area (Å²) >= 11 is 6.96. The van der Waals surface area contributed by atoms with Gasteiger partial charge >= 0.3 is 0 Å². The number of hydrogen-bond acceptors (Lipinski definition) is 2. The first-order chi connectivity index (χ1) is 8.70. The first-order valence-electron chi connectivity index (χ1n) is 5.51. The minimum atomic E-state index is 0.756. The smallest absolute Gasteiger partial charge is 0.141 e. The zero-order valence-electron chi connectivity index (χ0n) is 9.91. The molecule has 2 aromatic carbocycles. The fourth-order valence-corrected chi connectivity index (χ4v) is 2.31. The lowest BCUT2D eigenvalue weighted by atomic mass is 10.2. The molecule has 0 atom stereocenters. The fraction of sp³-hybridized carbons (Fsp3) is 0.143. The molecule has 0 bridgehead atoms. The van der Waals surface area contributed by atoms with Crippen molar-refractivity contribution in [2.24, 2.45) is 0 Å². The molecule has 0 aliphatic carbocycles. The number of anilines is 1. The molecule has 2 rings (SSSR count). The number of para-hydroxylation sites is 2. The highest BCUT2D eigenvalue weighted by atomic mass is 79.9. The van der Waals surface area contributed by atoms with E-state index >= 15 is 0 Å². The molecule has 0 aliphatic heterocycles. The third kappa shape index (κ3) is 3.27. The Hall–Kier alpha value is -1.000. The summed E-state index contributed by atoms with van der Waals surface area (Å²) < 4.78 is 7.41. The zero-order chi connectivity index (χ0) is 13.0. The Morgan fingerprint density at radius 2 is 1.83 bits per heavy atom. The van der Waals surface area contributed by atoms with Crippen molar-refractivity contribution in [3.8, 4) is 5.75 Å². The monoisotopic (exact) mass is 369 g/mol. The Morgan fingerprint density at radius 1 is 1.06 bits per heavy atom. The van der Waals surface area contributed by atoms with Gasteiger partial charge in [-0.3, -0.25) is 0 Å². The van der Waals surface area contributed by atoms with Crippen LogP contribution in [0.1, 0.15) is 5.56 Å². The first-order valence-corrected chi connectivity index (χ1v) is 7.10. The van der Waals surface area contributed by atoms with Crippen LogP contribution in [-0.2, 0) is 6.54 Å². The Labute approximate surface area is 124 Å². The zero-order valence-corrected chi connectivity index (χ0v) is 13.1. The van der Waals surface area contributed by atoms with Crippen molar-refractivity contribution in [3.05, 3.63) is 57.0 Å². The third-order valence-corrected chi connectivity index (χ3v) is 4.45. The first kappa shape index (κ1) is 13.4. The highest BCUT2D eigenvalue weighted by molar-refractivity contribution is 9.13. The van der Waals surface area contributed by atoms with Crippen LogP contribution < -0.4 is 10.1 Å². The molecule has 0 fully saturated rings. The van der Waals surface area contributed by atoms with Crippen molar-refractivity contribution >= 4 is 37.5 Å². The molecule has 0 unspecified atom stereocenters. The summed E-state index contributed by atoms with van der Waals surface area (Å²) in [5.74, 6) is 0.855. The van der Waals surface area contributed by atoms with Crippen LogP contribution in [0.3, 0.4) is 0 Å². The van der Waals surface area contributed by atoms with Gasteiger partial charge in [0, 0.05) is 15.5 Å². The lowest BCUT2D eigenvalue weighted by molar-refractivity contribution is 0.416. The Morgan fingerprint density at radius 3 is 2.56 bits per heavy atom. The van der Waals surface area contributed by atoms with E-state index in [-0.39, 0.29) is 0 Å². The molecule has 0 aliphatic rings. The SMILES string of the molecule is COc1ccccc1NCc1ccc(Br)c(Br)c1. The van der Waals surface area contributed by atoms with Gasteiger partial charge in [0.25, 0.3) is 0 Å². The Kier molecular flexibility index (Phi) is 4.66. The molecule has 4 heteroatoms. The van der Waals surface area contributed by atoms with Crippen LogP contribution in [0.25, 0.3) is 0 Å². The van der Waals surface area contributed by atoms with Gasteiger partial charge in [0.05, 0.1) is 12.8 Å². The normalized spacial score (nSPS) is 10.2. The van der Waals surface area contributed by atoms with Crippen LogP contribution in [-0.4, -0.2) is 7.11 Å². The molecule has 0 amide bonds. The average molecular weight is 371 g/mol. The predicted octanol–water partition coefficient (Wildman–Crippen LogP) is 4.83. The maximum Gasteiger partial charge on any atom is 0.141 e. The summed E-state index contributed by atoms with van der Waals surface area (Å²) in [7, 11) is 1.68. The van der Waals surface area contributed by atoms with Crippen LogP contribution in [0.4, 0.5) is 5.69 Å². The second-order valence-corrected chi connectivity index (χ2v) is 5.51. The molecular formula is C14H13Br2NO. The average Bonchev–Trinajstić information content (AvgIpc) is 2.40. The van der Waals surface area contributed by atoms with E-state index in [0.29, 0.717) is 0 Å². The van der Waals surface area contributed by atoms with Crippen molar-refractivity contribution in [2.75, 3.05) is 12.4 Å². The summed E-state index contributed by atoms with van der Waals surface area (Å²) in [6, 6.07) is 14.1. The summed E-state index contributed by atoms with van der Waals surface area (Å²) in [6.07, 6.45) is 0. The molecule has 0 aromatic heterocycles. The molecule has 94 valence electrons. The number of rotatable bonds is 4. The van der Waals surface area contributed by atoms with E-state index in [9.17, 15) is 0 Å². The largest absolute Gasteiger partial charge is 0.495 e. The van der Waals surface area contributed by atoms with Gasteiger partial charge in [-0.15, -0.1) is 0 Å². The highest BCUT2D eigenvalue weighted by Gasteiger charge is 2.02. The molecule has 0 spiro atoms. The maximum atomic E-state index is 5.30. The molecule has 0 heterocycles. The van der Waals surface area contributed by atoms with Gasteiger partial charge in [0.1, 0.15) is 5.75 Å². The van der Waals surface area contributed by atoms with Crippen LogP contribution in [0.15, 0.2) is 51.4 Å². The van der Waals surface area contributed by atoms with E-state index in [1.54, 1.807) is 7.11 Å². The summed E-state index contributed by atoms with van der Waals surface area (Å²) in [5, 5.41) is 3.37. The van der Waals surface area contributed by atoms with Gasteiger partial charge in [-0.25, -0.2) is 0 Å². The summed E-state index contributed by atoms with van der Waals surface area (Å²) in [6.45, 7) is 0.756. The second kappa shape index (κ2) is 6.25. The molecule has 2 aromatic rings. The highest BCUT2D eigenvalue weighted by Crippen LogP contribution is 2.26. The number of halogens is 2. The second-order valence-electron chi connectivity index (χ2n) is 3.80. The molecular weight excluding hydrogens is 358 g/mol. The quantitative estimate of drug-likeness (QED) is 0.831. The number of nitrogens with one attached hydrogen (secondary N) is 1. The maximum absolute atomic E-state index is 5.30. The fourth-order valence-electron chi connectivity index (χ4n) is 1.64. The number of hydrogen-bond donors (Lipinski definition) is 1. The molecule has 0 radical (unpaired) electrons. The van der Waals surface area contributed by atoms with Crippen molar-refractivity contribution in [2.45, 2.75) is 6.54 Å². The Bertz CT molecular complexity index is 543. The van der Waals surface area contributed by atoms with Crippen molar-refractivity contribution in [1.82, 2.24) is 0 Å².